The van der Waals surface area contributed by atoms with Gasteiger partial charge in [-0.3, -0.25) is 14.2 Å². The van der Waals surface area contributed by atoms with E-state index in [0.29, 0.717) is 10.2 Å². The van der Waals surface area contributed by atoms with E-state index in [4.69, 9.17) is 0 Å². The van der Waals surface area contributed by atoms with Crippen LogP contribution in [-0.2, 0) is 4.79 Å². The number of fused-ring (bicyclic) bond motifs is 1. The highest BCUT2D eigenvalue weighted by atomic mass is 32.1. The van der Waals surface area contributed by atoms with Gasteiger partial charge in [-0.1, -0.05) is 35.9 Å². The summed E-state index contributed by atoms with van der Waals surface area (Å²) in [6, 6.07) is 11.4. The van der Waals surface area contributed by atoms with Gasteiger partial charge in [0.2, 0.25) is 5.91 Å². The van der Waals surface area contributed by atoms with Crippen molar-refractivity contribution >= 4 is 33.1 Å². The Bertz CT molecular complexity index is 1410. The van der Waals surface area contributed by atoms with E-state index < -0.39 is 6.04 Å². The lowest BCUT2D eigenvalue weighted by Gasteiger charge is -2.16. The van der Waals surface area contributed by atoms with Crippen molar-refractivity contribution in [2.24, 2.45) is 0 Å². The number of aromatic nitrogens is 2. The normalized spacial score (nSPS) is 12.2. The van der Waals surface area contributed by atoms with Gasteiger partial charge >= 0.3 is 0 Å². The van der Waals surface area contributed by atoms with Gasteiger partial charge in [0.15, 0.2) is 0 Å². The van der Waals surface area contributed by atoms with Gasteiger partial charge in [-0.15, -0.1) is 11.3 Å². The molecule has 1 N–H and O–H groups in total. The van der Waals surface area contributed by atoms with Gasteiger partial charge in [0.05, 0.1) is 11.7 Å². The van der Waals surface area contributed by atoms with E-state index in [-0.39, 0.29) is 11.5 Å². The van der Waals surface area contributed by atoms with E-state index in [1.54, 1.807) is 6.92 Å². The van der Waals surface area contributed by atoms with Crippen LogP contribution in [0.5, 0.6) is 0 Å². The number of nitrogens with one attached hydrogen (secondary N) is 1. The SMILES string of the molecule is Cc1ccc(NC(=O)C(C)n2cnc3sc(C)c(-c4ccc(C)c(C)c4)c3c2=O)c(C)c1. The second-order valence-corrected chi connectivity index (χ2v) is 9.66. The van der Waals surface area contributed by atoms with Gasteiger partial charge in [-0.05, 0) is 69.9 Å². The number of anilines is 1. The lowest BCUT2D eigenvalue weighted by atomic mass is 9.99. The van der Waals surface area contributed by atoms with Crippen molar-refractivity contribution < 1.29 is 4.79 Å². The largest absolute Gasteiger partial charge is 0.324 e. The van der Waals surface area contributed by atoms with Crippen molar-refractivity contribution in [1.29, 1.82) is 0 Å². The Labute approximate surface area is 191 Å². The molecule has 5 nitrogen and oxygen atoms in total. The molecule has 2 aromatic carbocycles. The molecule has 0 saturated carbocycles. The number of amides is 1. The molecule has 0 fully saturated rings. The van der Waals surface area contributed by atoms with Crippen LogP contribution in [0, 0.1) is 34.6 Å². The van der Waals surface area contributed by atoms with Gasteiger partial charge in [0.1, 0.15) is 10.9 Å². The zero-order valence-corrected chi connectivity index (χ0v) is 20.1. The van der Waals surface area contributed by atoms with Gasteiger partial charge in [0, 0.05) is 16.1 Å². The number of hydrogen-bond donors (Lipinski definition) is 1. The third kappa shape index (κ3) is 3.86. The first kappa shape index (κ1) is 22.0. The smallest absolute Gasteiger partial charge is 0.263 e. The summed E-state index contributed by atoms with van der Waals surface area (Å²) in [5, 5.41) is 3.53. The number of carbonyl (C=O) groups excluding carboxylic acids is 1. The van der Waals surface area contributed by atoms with E-state index in [9.17, 15) is 9.59 Å². The van der Waals surface area contributed by atoms with E-state index in [1.807, 2.05) is 45.0 Å². The minimum absolute atomic E-state index is 0.198. The Morgan fingerprint density at radius 1 is 1.00 bits per heavy atom. The highest BCUT2D eigenvalue weighted by molar-refractivity contribution is 7.19. The molecular weight excluding hydrogens is 418 g/mol. The van der Waals surface area contributed by atoms with Crippen molar-refractivity contribution in [3.05, 3.63) is 80.2 Å². The first-order valence-electron chi connectivity index (χ1n) is 10.6. The fourth-order valence-corrected chi connectivity index (χ4v) is 4.96. The zero-order chi connectivity index (χ0) is 23.2. The summed E-state index contributed by atoms with van der Waals surface area (Å²) in [4.78, 5) is 32.8. The summed E-state index contributed by atoms with van der Waals surface area (Å²) < 4.78 is 1.43. The fourth-order valence-electron chi connectivity index (χ4n) is 3.95. The second kappa shape index (κ2) is 8.36. The quantitative estimate of drug-likeness (QED) is 0.427. The number of benzene rings is 2. The van der Waals surface area contributed by atoms with Crippen molar-refractivity contribution in [1.82, 2.24) is 9.55 Å². The Hall–Kier alpha value is -3.25. The van der Waals surface area contributed by atoms with Crippen molar-refractivity contribution in [3.63, 3.8) is 0 Å². The summed E-state index contributed by atoms with van der Waals surface area (Å²) in [7, 11) is 0. The molecule has 2 heterocycles. The van der Waals surface area contributed by atoms with E-state index in [2.05, 4.69) is 36.3 Å². The minimum Gasteiger partial charge on any atom is -0.324 e. The topological polar surface area (TPSA) is 64.0 Å². The summed E-state index contributed by atoms with van der Waals surface area (Å²) in [6.45, 7) is 11.8. The summed E-state index contributed by atoms with van der Waals surface area (Å²) in [6.07, 6.45) is 1.48. The molecule has 6 heteroatoms. The number of rotatable bonds is 4. The molecule has 1 atom stereocenters. The Balaban J connectivity index is 1.76. The number of thiophene rings is 1. The van der Waals surface area contributed by atoms with Crippen LogP contribution < -0.4 is 10.9 Å². The Morgan fingerprint density at radius 2 is 1.75 bits per heavy atom. The first-order valence-corrected chi connectivity index (χ1v) is 11.4. The molecule has 4 aromatic rings. The second-order valence-electron chi connectivity index (χ2n) is 8.45. The Kier molecular flexibility index (Phi) is 5.73. The fraction of sp³-hybridized carbons (Fsp3) is 0.269. The standard InChI is InChI=1S/C26H27N3O2S/c1-14-7-10-21(17(4)11-14)28-24(30)18(5)29-13-27-25-23(26(29)31)22(19(6)32-25)20-9-8-15(2)16(3)12-20/h7-13,18H,1-6H3,(H,28,30). The number of carbonyl (C=O) groups is 1. The van der Waals surface area contributed by atoms with E-state index in [0.717, 1.165) is 32.8 Å². The maximum absolute atomic E-state index is 13.5. The molecule has 4 rings (SSSR count). The lowest BCUT2D eigenvalue weighted by molar-refractivity contribution is -0.118. The molecule has 0 saturated heterocycles. The third-order valence-electron chi connectivity index (χ3n) is 6.05. The average molecular weight is 446 g/mol. The summed E-state index contributed by atoms with van der Waals surface area (Å²) in [5.74, 6) is -0.250. The van der Waals surface area contributed by atoms with Gasteiger partial charge in [-0.2, -0.15) is 0 Å². The van der Waals surface area contributed by atoms with E-state index >= 15 is 0 Å². The molecule has 32 heavy (non-hydrogen) atoms. The molecule has 164 valence electrons. The van der Waals surface area contributed by atoms with Crippen LogP contribution >= 0.6 is 11.3 Å². The minimum atomic E-state index is -0.701. The summed E-state index contributed by atoms with van der Waals surface area (Å²) >= 11 is 1.51. The molecule has 0 radical (unpaired) electrons. The van der Waals surface area contributed by atoms with Crippen LogP contribution in [-0.4, -0.2) is 15.5 Å². The van der Waals surface area contributed by atoms with Gasteiger partial charge < -0.3 is 5.32 Å². The zero-order valence-electron chi connectivity index (χ0n) is 19.2. The van der Waals surface area contributed by atoms with Crippen LogP contribution in [0.1, 0.15) is 40.1 Å². The molecular formula is C26H27N3O2S. The van der Waals surface area contributed by atoms with Crippen molar-refractivity contribution in [2.45, 2.75) is 47.6 Å². The monoisotopic (exact) mass is 445 g/mol. The molecule has 1 unspecified atom stereocenters. The van der Waals surface area contributed by atoms with Crippen molar-refractivity contribution in [3.8, 4) is 11.1 Å². The van der Waals surface area contributed by atoms with Crippen LogP contribution in [0.3, 0.4) is 0 Å². The predicted octanol–water partition coefficient (Wildman–Crippen LogP) is 5.87. The summed E-state index contributed by atoms with van der Waals surface area (Å²) in [5.41, 5.74) is 6.95. The number of nitrogens with zero attached hydrogens (tertiary/aromatic N) is 2. The highest BCUT2D eigenvalue weighted by Gasteiger charge is 2.22. The molecule has 0 aliphatic rings. The Morgan fingerprint density at radius 3 is 2.44 bits per heavy atom. The molecule has 0 spiro atoms. The molecule has 0 bridgehead atoms. The molecule has 2 aromatic heterocycles. The maximum atomic E-state index is 13.5. The number of hydrogen-bond acceptors (Lipinski definition) is 4. The average Bonchev–Trinajstić information content (AvgIpc) is 3.08. The van der Waals surface area contributed by atoms with Crippen LogP contribution in [0.25, 0.3) is 21.3 Å². The lowest BCUT2D eigenvalue weighted by Crippen LogP contribution is -2.31. The maximum Gasteiger partial charge on any atom is 0.263 e. The van der Waals surface area contributed by atoms with Crippen LogP contribution in [0.4, 0.5) is 5.69 Å². The first-order chi connectivity index (χ1) is 15.2. The third-order valence-corrected chi connectivity index (χ3v) is 7.06. The van der Waals surface area contributed by atoms with Gasteiger partial charge in [-0.25, -0.2) is 4.98 Å². The van der Waals surface area contributed by atoms with Crippen molar-refractivity contribution in [2.75, 3.05) is 5.32 Å². The molecule has 0 aliphatic heterocycles. The highest BCUT2D eigenvalue weighted by Crippen LogP contribution is 2.36. The van der Waals surface area contributed by atoms with Crippen LogP contribution in [0.2, 0.25) is 0 Å². The van der Waals surface area contributed by atoms with Gasteiger partial charge in [0.25, 0.3) is 5.56 Å². The molecule has 0 aliphatic carbocycles. The number of aryl methyl sites for hydroxylation is 5. The molecule has 1 amide bonds. The predicted molar refractivity (Wildman–Crippen MR) is 133 cm³/mol. The van der Waals surface area contributed by atoms with Crippen LogP contribution in [0.15, 0.2) is 47.5 Å². The van der Waals surface area contributed by atoms with E-state index in [1.165, 1.54) is 33.4 Å².